The van der Waals surface area contributed by atoms with Crippen molar-refractivity contribution < 1.29 is 13.6 Å². The van der Waals surface area contributed by atoms with E-state index in [-0.39, 0.29) is 23.9 Å². The SMILES string of the molecule is CCC(CC)N(CCCl)C(=O)Cc1c(F)cccc1F. The molecule has 1 rings (SSSR count). The van der Waals surface area contributed by atoms with E-state index in [1.807, 2.05) is 13.8 Å². The Balaban J connectivity index is 2.91. The third kappa shape index (κ3) is 4.17. The van der Waals surface area contributed by atoms with Gasteiger partial charge < -0.3 is 4.90 Å². The molecule has 2 nitrogen and oxygen atoms in total. The van der Waals surface area contributed by atoms with Gasteiger partial charge in [-0.25, -0.2) is 8.78 Å². The molecule has 0 saturated carbocycles. The highest BCUT2D eigenvalue weighted by atomic mass is 35.5. The van der Waals surface area contributed by atoms with Gasteiger partial charge in [0.1, 0.15) is 11.6 Å². The summed E-state index contributed by atoms with van der Waals surface area (Å²) in [5.74, 6) is -1.35. The van der Waals surface area contributed by atoms with Crippen molar-refractivity contribution in [2.45, 2.75) is 39.2 Å². The van der Waals surface area contributed by atoms with Crippen molar-refractivity contribution in [2.75, 3.05) is 12.4 Å². The maximum atomic E-state index is 13.6. The van der Waals surface area contributed by atoms with E-state index in [1.54, 1.807) is 4.90 Å². The average molecular weight is 304 g/mol. The van der Waals surface area contributed by atoms with E-state index in [4.69, 9.17) is 11.6 Å². The van der Waals surface area contributed by atoms with Crippen LogP contribution in [0.15, 0.2) is 18.2 Å². The van der Waals surface area contributed by atoms with Crippen molar-refractivity contribution in [3.05, 3.63) is 35.4 Å². The smallest absolute Gasteiger partial charge is 0.227 e. The molecule has 0 N–H and O–H groups in total. The molecule has 0 radical (unpaired) electrons. The number of alkyl halides is 1. The van der Waals surface area contributed by atoms with Crippen LogP contribution in [0, 0.1) is 11.6 Å². The molecule has 0 aliphatic heterocycles. The van der Waals surface area contributed by atoms with Gasteiger partial charge in [0, 0.05) is 24.0 Å². The normalized spacial score (nSPS) is 10.9. The zero-order valence-electron chi connectivity index (χ0n) is 11.8. The second kappa shape index (κ2) is 8.20. The molecule has 1 aromatic carbocycles. The molecule has 1 aromatic rings. The van der Waals surface area contributed by atoms with Crippen LogP contribution in [-0.2, 0) is 11.2 Å². The molecule has 0 aliphatic carbocycles. The van der Waals surface area contributed by atoms with E-state index in [9.17, 15) is 13.6 Å². The third-order valence-corrected chi connectivity index (χ3v) is 3.59. The van der Waals surface area contributed by atoms with Gasteiger partial charge in [0.05, 0.1) is 6.42 Å². The number of hydrogen-bond acceptors (Lipinski definition) is 1. The van der Waals surface area contributed by atoms with Gasteiger partial charge in [0.2, 0.25) is 5.91 Å². The van der Waals surface area contributed by atoms with Gasteiger partial charge in [-0.1, -0.05) is 19.9 Å². The lowest BCUT2D eigenvalue weighted by molar-refractivity contribution is -0.132. The summed E-state index contributed by atoms with van der Waals surface area (Å²) < 4.78 is 27.2. The first-order chi connectivity index (χ1) is 9.54. The molecule has 1 amide bonds. The standard InChI is InChI=1S/C15H20ClF2NO/c1-3-11(4-2)19(9-8-16)15(20)10-12-13(17)6-5-7-14(12)18/h5-7,11H,3-4,8-10H2,1-2H3. The fraction of sp³-hybridized carbons (Fsp3) is 0.533. The molecule has 0 unspecified atom stereocenters. The average Bonchev–Trinajstić information content (AvgIpc) is 2.43. The highest BCUT2D eigenvalue weighted by Gasteiger charge is 2.22. The lowest BCUT2D eigenvalue weighted by Crippen LogP contribution is -2.42. The molecule has 0 aromatic heterocycles. The summed E-state index contributed by atoms with van der Waals surface area (Å²) >= 11 is 5.72. The Hall–Kier alpha value is -1.16. The van der Waals surface area contributed by atoms with Crippen LogP contribution in [0.2, 0.25) is 0 Å². The van der Waals surface area contributed by atoms with Crippen molar-refractivity contribution in [3.8, 4) is 0 Å². The van der Waals surface area contributed by atoms with Crippen LogP contribution < -0.4 is 0 Å². The number of nitrogens with zero attached hydrogens (tertiary/aromatic N) is 1. The Bertz CT molecular complexity index is 429. The second-order valence-corrected chi connectivity index (χ2v) is 5.00. The van der Waals surface area contributed by atoms with Gasteiger partial charge in [0.25, 0.3) is 0 Å². The van der Waals surface area contributed by atoms with Crippen LogP contribution in [0.3, 0.4) is 0 Å². The molecule has 0 bridgehead atoms. The van der Waals surface area contributed by atoms with Crippen LogP contribution in [-0.4, -0.2) is 29.3 Å². The highest BCUT2D eigenvalue weighted by molar-refractivity contribution is 6.18. The first-order valence-electron chi connectivity index (χ1n) is 6.83. The molecule has 0 spiro atoms. The van der Waals surface area contributed by atoms with Crippen molar-refractivity contribution in [1.82, 2.24) is 4.90 Å². The minimum Gasteiger partial charge on any atom is -0.338 e. The van der Waals surface area contributed by atoms with E-state index >= 15 is 0 Å². The van der Waals surface area contributed by atoms with E-state index in [0.717, 1.165) is 25.0 Å². The fourth-order valence-electron chi connectivity index (χ4n) is 2.29. The molecule has 112 valence electrons. The van der Waals surface area contributed by atoms with E-state index in [1.165, 1.54) is 6.07 Å². The molecule has 0 heterocycles. The zero-order valence-corrected chi connectivity index (χ0v) is 12.6. The topological polar surface area (TPSA) is 20.3 Å². The minimum absolute atomic E-state index is 0.0519. The first-order valence-corrected chi connectivity index (χ1v) is 7.36. The summed E-state index contributed by atoms with van der Waals surface area (Å²) in [6.45, 7) is 4.35. The maximum Gasteiger partial charge on any atom is 0.227 e. The van der Waals surface area contributed by atoms with Gasteiger partial charge in [0.15, 0.2) is 0 Å². The van der Waals surface area contributed by atoms with Crippen LogP contribution >= 0.6 is 11.6 Å². The van der Waals surface area contributed by atoms with Crippen LogP contribution in [0.4, 0.5) is 8.78 Å². The number of halogens is 3. The fourth-order valence-corrected chi connectivity index (χ4v) is 2.47. The number of benzene rings is 1. The lowest BCUT2D eigenvalue weighted by Gasteiger charge is -2.30. The summed E-state index contributed by atoms with van der Waals surface area (Å²) in [6.07, 6.45) is 1.31. The van der Waals surface area contributed by atoms with E-state index in [0.29, 0.717) is 12.4 Å². The van der Waals surface area contributed by atoms with E-state index < -0.39 is 11.6 Å². The van der Waals surface area contributed by atoms with Gasteiger partial charge in [-0.2, -0.15) is 0 Å². The van der Waals surface area contributed by atoms with Crippen molar-refractivity contribution in [1.29, 1.82) is 0 Å². The minimum atomic E-state index is -0.686. The Kier molecular flexibility index (Phi) is 6.93. The van der Waals surface area contributed by atoms with Crippen molar-refractivity contribution in [2.24, 2.45) is 0 Å². The Labute approximate surface area is 123 Å². The molecule has 0 aliphatic rings. The summed E-state index contributed by atoms with van der Waals surface area (Å²) in [5, 5.41) is 0. The third-order valence-electron chi connectivity index (χ3n) is 3.42. The van der Waals surface area contributed by atoms with Crippen LogP contribution in [0.5, 0.6) is 0 Å². The highest BCUT2D eigenvalue weighted by Crippen LogP contribution is 2.16. The van der Waals surface area contributed by atoms with Gasteiger partial charge in [-0.3, -0.25) is 4.79 Å². The van der Waals surface area contributed by atoms with E-state index in [2.05, 4.69) is 0 Å². The summed E-state index contributed by atoms with van der Waals surface area (Å²) in [4.78, 5) is 13.9. The second-order valence-electron chi connectivity index (χ2n) is 4.62. The molecule has 0 fully saturated rings. The quantitative estimate of drug-likeness (QED) is 0.702. The Morgan fingerprint density at radius 1 is 1.25 bits per heavy atom. The molecule has 20 heavy (non-hydrogen) atoms. The predicted octanol–water partition coefficient (Wildman–Crippen LogP) is 3.76. The number of amides is 1. The maximum absolute atomic E-state index is 13.6. The molecular formula is C15H20ClF2NO. The number of carbonyl (C=O) groups excluding carboxylic acids is 1. The summed E-state index contributed by atoms with van der Waals surface area (Å²) in [7, 11) is 0. The van der Waals surface area contributed by atoms with Gasteiger partial charge in [-0.15, -0.1) is 11.6 Å². The number of carbonyl (C=O) groups is 1. The van der Waals surface area contributed by atoms with Gasteiger partial charge in [-0.05, 0) is 25.0 Å². The molecule has 0 saturated heterocycles. The number of hydrogen-bond donors (Lipinski definition) is 0. The zero-order chi connectivity index (χ0) is 15.1. The largest absolute Gasteiger partial charge is 0.338 e. The first kappa shape index (κ1) is 16.9. The van der Waals surface area contributed by atoms with Crippen molar-refractivity contribution in [3.63, 3.8) is 0 Å². The predicted molar refractivity (Wildman–Crippen MR) is 76.9 cm³/mol. The summed E-state index contributed by atoms with van der Waals surface area (Å²) in [5.41, 5.74) is -0.178. The monoisotopic (exact) mass is 303 g/mol. The van der Waals surface area contributed by atoms with Crippen LogP contribution in [0.25, 0.3) is 0 Å². The Morgan fingerprint density at radius 2 is 1.80 bits per heavy atom. The van der Waals surface area contributed by atoms with Crippen LogP contribution in [0.1, 0.15) is 32.3 Å². The van der Waals surface area contributed by atoms with Gasteiger partial charge >= 0.3 is 0 Å². The number of rotatable bonds is 7. The summed E-state index contributed by atoms with van der Waals surface area (Å²) in [6, 6.07) is 3.66. The molecule has 0 atom stereocenters. The molecule has 5 heteroatoms. The lowest BCUT2D eigenvalue weighted by atomic mass is 10.1. The molecular weight excluding hydrogens is 284 g/mol. The Morgan fingerprint density at radius 3 is 2.25 bits per heavy atom. The van der Waals surface area contributed by atoms with Crippen molar-refractivity contribution >= 4 is 17.5 Å².